The molecule has 1 aliphatic rings. The van der Waals surface area contributed by atoms with E-state index in [1.165, 1.54) is 4.90 Å². The molecular formula is C15H18N6O2. The molecule has 1 saturated heterocycles. The predicted octanol–water partition coefficient (Wildman–Crippen LogP) is 0.996. The second-order valence-electron chi connectivity index (χ2n) is 5.44. The van der Waals surface area contributed by atoms with E-state index in [1.54, 1.807) is 41.5 Å². The summed E-state index contributed by atoms with van der Waals surface area (Å²) in [7, 11) is 0. The van der Waals surface area contributed by atoms with Gasteiger partial charge in [-0.05, 0) is 31.0 Å². The molecule has 1 aliphatic heterocycles. The topological polar surface area (TPSA) is 106 Å². The molecule has 0 saturated carbocycles. The molecule has 0 unspecified atom stereocenters. The number of likely N-dealkylation sites (tertiary alicyclic amines) is 1. The molecule has 3 amide bonds. The van der Waals surface area contributed by atoms with Gasteiger partial charge in [0.2, 0.25) is 5.91 Å². The first-order valence-corrected chi connectivity index (χ1v) is 7.45. The fourth-order valence-corrected chi connectivity index (χ4v) is 2.70. The number of amides is 3. The second kappa shape index (κ2) is 6.47. The maximum Gasteiger partial charge on any atom is 0.314 e. The minimum atomic E-state index is -0.485. The van der Waals surface area contributed by atoms with Crippen LogP contribution in [0.4, 0.5) is 10.5 Å². The van der Waals surface area contributed by atoms with E-state index in [4.69, 9.17) is 5.73 Å². The summed E-state index contributed by atoms with van der Waals surface area (Å²) in [6.07, 6.45) is 6.54. The highest BCUT2D eigenvalue weighted by atomic mass is 16.2. The molecule has 23 heavy (non-hydrogen) atoms. The standard InChI is InChI=1S/C15H18N6O2/c16-15(23)20-8-2-4-11(10-20)14(22)19-12-5-1-6-17-13(12)21-9-3-7-18-21/h1,3,5-7,9,11H,2,4,8,10H2,(H2,16,23)(H,19,22)/t11-/m0/s1. The number of aromatic nitrogens is 3. The molecule has 8 nitrogen and oxygen atoms in total. The third kappa shape index (κ3) is 3.31. The fourth-order valence-electron chi connectivity index (χ4n) is 2.70. The lowest BCUT2D eigenvalue weighted by Crippen LogP contribution is -2.46. The molecule has 1 atom stereocenters. The lowest BCUT2D eigenvalue weighted by Gasteiger charge is -2.30. The largest absolute Gasteiger partial charge is 0.351 e. The molecule has 120 valence electrons. The average molecular weight is 314 g/mol. The van der Waals surface area contributed by atoms with Gasteiger partial charge in [0, 0.05) is 31.7 Å². The van der Waals surface area contributed by atoms with Crippen molar-refractivity contribution in [3.05, 3.63) is 36.8 Å². The Morgan fingerprint density at radius 3 is 2.91 bits per heavy atom. The van der Waals surface area contributed by atoms with E-state index in [1.807, 2.05) is 0 Å². The summed E-state index contributed by atoms with van der Waals surface area (Å²) >= 11 is 0. The molecule has 1 fully saturated rings. The molecule has 2 aromatic rings. The van der Waals surface area contributed by atoms with E-state index >= 15 is 0 Å². The molecule has 0 aliphatic carbocycles. The van der Waals surface area contributed by atoms with E-state index < -0.39 is 6.03 Å². The molecular weight excluding hydrogens is 296 g/mol. The third-order valence-electron chi connectivity index (χ3n) is 3.87. The van der Waals surface area contributed by atoms with Crippen LogP contribution < -0.4 is 11.1 Å². The first-order valence-electron chi connectivity index (χ1n) is 7.45. The third-order valence-corrected chi connectivity index (χ3v) is 3.87. The van der Waals surface area contributed by atoms with Crippen LogP contribution in [0.1, 0.15) is 12.8 Å². The first-order chi connectivity index (χ1) is 11.1. The van der Waals surface area contributed by atoms with Gasteiger partial charge >= 0.3 is 6.03 Å². The number of hydrogen-bond donors (Lipinski definition) is 2. The zero-order chi connectivity index (χ0) is 16.2. The van der Waals surface area contributed by atoms with Gasteiger partial charge in [-0.2, -0.15) is 5.10 Å². The number of nitrogens with one attached hydrogen (secondary N) is 1. The van der Waals surface area contributed by atoms with Crippen molar-refractivity contribution < 1.29 is 9.59 Å². The fraction of sp³-hybridized carbons (Fsp3) is 0.333. The molecule has 3 N–H and O–H groups in total. The van der Waals surface area contributed by atoms with E-state index in [9.17, 15) is 9.59 Å². The monoisotopic (exact) mass is 314 g/mol. The Balaban J connectivity index is 1.75. The van der Waals surface area contributed by atoms with Gasteiger partial charge in [-0.25, -0.2) is 14.5 Å². The molecule has 3 heterocycles. The van der Waals surface area contributed by atoms with Gasteiger partial charge < -0.3 is 16.0 Å². The van der Waals surface area contributed by atoms with Crippen molar-refractivity contribution in [2.75, 3.05) is 18.4 Å². The molecule has 0 spiro atoms. The van der Waals surface area contributed by atoms with E-state index in [2.05, 4.69) is 15.4 Å². The van der Waals surface area contributed by atoms with E-state index in [0.29, 0.717) is 24.6 Å². The summed E-state index contributed by atoms with van der Waals surface area (Å²) < 4.78 is 1.59. The number of nitrogens with zero attached hydrogens (tertiary/aromatic N) is 4. The number of anilines is 1. The van der Waals surface area contributed by atoms with Crippen LogP contribution in [0.2, 0.25) is 0 Å². The van der Waals surface area contributed by atoms with Crippen molar-refractivity contribution in [2.24, 2.45) is 11.7 Å². The number of carbonyl (C=O) groups is 2. The van der Waals surface area contributed by atoms with Gasteiger partial charge in [0.1, 0.15) is 0 Å². The Labute approximate surface area is 133 Å². The number of rotatable bonds is 3. The lowest BCUT2D eigenvalue weighted by atomic mass is 9.97. The van der Waals surface area contributed by atoms with Gasteiger partial charge in [0.15, 0.2) is 5.82 Å². The summed E-state index contributed by atoms with van der Waals surface area (Å²) in [5.74, 6) is 0.132. The number of carbonyl (C=O) groups excluding carboxylic acids is 2. The number of nitrogens with two attached hydrogens (primary N) is 1. The first kappa shape index (κ1) is 15.0. The summed E-state index contributed by atoms with van der Waals surface area (Å²) in [5.41, 5.74) is 5.89. The maximum absolute atomic E-state index is 12.5. The Morgan fingerprint density at radius 2 is 2.17 bits per heavy atom. The molecule has 0 bridgehead atoms. The summed E-state index contributed by atoms with van der Waals surface area (Å²) in [4.78, 5) is 29.6. The van der Waals surface area contributed by atoms with E-state index in [-0.39, 0.29) is 11.8 Å². The van der Waals surface area contributed by atoms with Gasteiger partial charge in [-0.1, -0.05) is 0 Å². The summed E-state index contributed by atoms with van der Waals surface area (Å²) in [5, 5.41) is 7.02. The van der Waals surface area contributed by atoms with Gasteiger partial charge in [-0.3, -0.25) is 4.79 Å². The predicted molar refractivity (Wildman–Crippen MR) is 83.9 cm³/mol. The van der Waals surface area contributed by atoms with Crippen LogP contribution in [0.25, 0.3) is 5.82 Å². The number of primary amides is 1. The zero-order valence-corrected chi connectivity index (χ0v) is 12.6. The molecule has 2 aromatic heterocycles. The van der Waals surface area contributed by atoms with Crippen molar-refractivity contribution in [1.82, 2.24) is 19.7 Å². The minimum absolute atomic E-state index is 0.141. The average Bonchev–Trinajstić information content (AvgIpc) is 3.09. The van der Waals surface area contributed by atoms with Crippen LogP contribution in [-0.4, -0.2) is 44.7 Å². The lowest BCUT2D eigenvalue weighted by molar-refractivity contribution is -0.121. The normalized spacial score (nSPS) is 17.7. The van der Waals surface area contributed by atoms with Crippen LogP contribution in [0.3, 0.4) is 0 Å². The van der Waals surface area contributed by atoms with Crippen molar-refractivity contribution in [3.8, 4) is 5.82 Å². The summed E-state index contributed by atoms with van der Waals surface area (Å²) in [6, 6.07) is 4.82. The quantitative estimate of drug-likeness (QED) is 0.881. The molecule has 0 aromatic carbocycles. The molecule has 8 heteroatoms. The number of hydrogen-bond acceptors (Lipinski definition) is 4. The minimum Gasteiger partial charge on any atom is -0.351 e. The van der Waals surface area contributed by atoms with Crippen LogP contribution in [0, 0.1) is 5.92 Å². The van der Waals surface area contributed by atoms with E-state index in [0.717, 1.165) is 12.8 Å². The van der Waals surface area contributed by atoms with Gasteiger partial charge in [0.05, 0.1) is 11.6 Å². The van der Waals surface area contributed by atoms with Crippen LogP contribution >= 0.6 is 0 Å². The van der Waals surface area contributed by atoms with Gasteiger partial charge in [-0.15, -0.1) is 0 Å². The number of piperidine rings is 1. The highest BCUT2D eigenvalue weighted by Crippen LogP contribution is 2.21. The Kier molecular flexibility index (Phi) is 4.22. The van der Waals surface area contributed by atoms with Crippen molar-refractivity contribution >= 4 is 17.6 Å². The van der Waals surface area contributed by atoms with Crippen LogP contribution in [-0.2, 0) is 4.79 Å². The molecule has 3 rings (SSSR count). The Hall–Kier alpha value is -2.90. The van der Waals surface area contributed by atoms with Crippen LogP contribution in [0.15, 0.2) is 36.8 Å². The second-order valence-corrected chi connectivity index (χ2v) is 5.44. The SMILES string of the molecule is NC(=O)N1CCC[C@H](C(=O)Nc2cccnc2-n2cccn2)C1. The zero-order valence-electron chi connectivity index (χ0n) is 12.6. The highest BCUT2D eigenvalue weighted by molar-refractivity contribution is 5.94. The Bertz CT molecular complexity index is 700. The Morgan fingerprint density at radius 1 is 1.30 bits per heavy atom. The van der Waals surface area contributed by atoms with Crippen molar-refractivity contribution in [3.63, 3.8) is 0 Å². The van der Waals surface area contributed by atoms with Crippen molar-refractivity contribution in [2.45, 2.75) is 12.8 Å². The number of pyridine rings is 1. The summed E-state index contributed by atoms with van der Waals surface area (Å²) in [6.45, 7) is 0.947. The van der Waals surface area contributed by atoms with Crippen molar-refractivity contribution in [1.29, 1.82) is 0 Å². The number of urea groups is 1. The molecule has 0 radical (unpaired) electrons. The maximum atomic E-state index is 12.5. The van der Waals surface area contributed by atoms with Gasteiger partial charge in [0.25, 0.3) is 0 Å². The van der Waals surface area contributed by atoms with Crippen LogP contribution in [0.5, 0.6) is 0 Å². The smallest absolute Gasteiger partial charge is 0.314 e. The highest BCUT2D eigenvalue weighted by Gasteiger charge is 2.28.